The molecule has 11 nitrogen and oxygen atoms in total. The third-order valence-corrected chi connectivity index (χ3v) is 2.02. The number of aliphatic carboxylic acids is 2. The summed E-state index contributed by atoms with van der Waals surface area (Å²) < 4.78 is 0. The van der Waals surface area contributed by atoms with Crippen LogP contribution in [0.15, 0.2) is 4.99 Å². The van der Waals surface area contributed by atoms with Crippen LogP contribution in [0.25, 0.3) is 0 Å². The van der Waals surface area contributed by atoms with Gasteiger partial charge in [-0.3, -0.25) is 19.4 Å². The van der Waals surface area contributed by atoms with Crippen molar-refractivity contribution in [2.45, 2.75) is 31.3 Å². The second-order valence-corrected chi connectivity index (χ2v) is 4.01. The van der Waals surface area contributed by atoms with Crippen LogP contribution in [-0.4, -0.2) is 52.6 Å². The summed E-state index contributed by atoms with van der Waals surface area (Å²) in [7, 11) is 0. The van der Waals surface area contributed by atoms with Crippen molar-refractivity contribution in [3.05, 3.63) is 0 Å². The molecule has 0 saturated carbocycles. The van der Waals surface area contributed by atoms with E-state index in [1.54, 1.807) is 0 Å². The quantitative estimate of drug-likeness (QED) is 0.135. The SMILES string of the molecule is NC(=O)CC(N)C(=O)O.NC(N)=NCCC[C@@H](N)C(=O)O. The van der Waals surface area contributed by atoms with Crippen molar-refractivity contribution in [3.63, 3.8) is 0 Å². The Labute approximate surface area is 121 Å². The highest BCUT2D eigenvalue weighted by atomic mass is 16.4. The van der Waals surface area contributed by atoms with Crippen LogP contribution < -0.4 is 28.7 Å². The van der Waals surface area contributed by atoms with Gasteiger partial charge >= 0.3 is 11.9 Å². The van der Waals surface area contributed by atoms with E-state index in [0.29, 0.717) is 19.4 Å². The van der Waals surface area contributed by atoms with Crippen molar-refractivity contribution >= 4 is 23.8 Å². The second-order valence-electron chi connectivity index (χ2n) is 4.01. The number of primary amides is 1. The summed E-state index contributed by atoms with van der Waals surface area (Å²) >= 11 is 0. The molecular formula is C10H22N6O5. The van der Waals surface area contributed by atoms with Crippen LogP contribution in [0.2, 0.25) is 0 Å². The molecule has 0 aliphatic rings. The van der Waals surface area contributed by atoms with Gasteiger partial charge in [0.25, 0.3) is 0 Å². The molecule has 0 spiro atoms. The van der Waals surface area contributed by atoms with Crippen LogP contribution in [0.3, 0.4) is 0 Å². The molecule has 11 heteroatoms. The molecule has 1 amide bonds. The van der Waals surface area contributed by atoms with E-state index in [1.807, 2.05) is 0 Å². The first-order valence-corrected chi connectivity index (χ1v) is 5.88. The maximum absolute atomic E-state index is 10.2. The predicted octanol–water partition coefficient (Wildman–Crippen LogP) is -3.27. The molecule has 0 bridgehead atoms. The highest BCUT2D eigenvalue weighted by Gasteiger charge is 2.13. The van der Waals surface area contributed by atoms with E-state index in [1.165, 1.54) is 0 Å². The largest absolute Gasteiger partial charge is 0.480 e. The van der Waals surface area contributed by atoms with Gasteiger partial charge in [0.1, 0.15) is 12.1 Å². The number of carboxylic acid groups (broad SMARTS) is 2. The van der Waals surface area contributed by atoms with Crippen molar-refractivity contribution in [2.24, 2.45) is 33.7 Å². The lowest BCUT2D eigenvalue weighted by atomic mass is 10.2. The lowest BCUT2D eigenvalue weighted by molar-refractivity contribution is -0.140. The number of guanidine groups is 1. The molecule has 0 aromatic rings. The Kier molecular flexibility index (Phi) is 11.4. The Morgan fingerprint density at radius 1 is 0.952 bits per heavy atom. The van der Waals surface area contributed by atoms with Gasteiger partial charge in [0, 0.05) is 6.54 Å². The van der Waals surface area contributed by atoms with Crippen LogP contribution >= 0.6 is 0 Å². The van der Waals surface area contributed by atoms with Crippen LogP contribution in [0.4, 0.5) is 0 Å². The second kappa shape index (κ2) is 11.4. The standard InChI is InChI=1S/C6H14N4O2.C4H8N2O3/c7-4(5(11)12)2-1-3-10-6(8)9;5-2(4(8)9)1-3(6)7/h4H,1-3,7H2,(H,11,12)(H4,8,9,10);2H,1,5H2,(H2,6,7)(H,8,9)/t4-;/m1./s1. The summed E-state index contributed by atoms with van der Waals surface area (Å²) in [5.41, 5.74) is 24.9. The van der Waals surface area contributed by atoms with Gasteiger partial charge in [-0.15, -0.1) is 0 Å². The Morgan fingerprint density at radius 3 is 1.71 bits per heavy atom. The number of hydrogen-bond acceptors (Lipinski definition) is 6. The van der Waals surface area contributed by atoms with Gasteiger partial charge in [-0.1, -0.05) is 0 Å². The molecule has 0 aromatic carbocycles. The molecule has 0 aromatic heterocycles. The Hall–Kier alpha value is -2.40. The van der Waals surface area contributed by atoms with Crippen molar-refractivity contribution < 1.29 is 24.6 Å². The van der Waals surface area contributed by atoms with E-state index < -0.39 is 29.9 Å². The highest BCUT2D eigenvalue weighted by molar-refractivity contribution is 5.83. The summed E-state index contributed by atoms with van der Waals surface area (Å²) in [6, 6.07) is -1.98. The van der Waals surface area contributed by atoms with Crippen LogP contribution in [-0.2, 0) is 14.4 Å². The van der Waals surface area contributed by atoms with Gasteiger partial charge in [-0.05, 0) is 12.8 Å². The number of carboxylic acids is 2. The van der Waals surface area contributed by atoms with Crippen LogP contribution in [0.5, 0.6) is 0 Å². The van der Waals surface area contributed by atoms with E-state index in [2.05, 4.69) is 10.7 Å². The first-order chi connectivity index (χ1) is 9.57. The van der Waals surface area contributed by atoms with Gasteiger partial charge < -0.3 is 38.9 Å². The average molecular weight is 306 g/mol. The van der Waals surface area contributed by atoms with Crippen LogP contribution in [0, 0.1) is 0 Å². The molecule has 2 atom stereocenters. The zero-order valence-electron chi connectivity index (χ0n) is 11.4. The topological polar surface area (TPSA) is 234 Å². The minimum Gasteiger partial charge on any atom is -0.480 e. The molecule has 0 radical (unpaired) electrons. The zero-order valence-corrected chi connectivity index (χ0v) is 11.4. The first-order valence-electron chi connectivity index (χ1n) is 5.88. The summed E-state index contributed by atoms with van der Waals surface area (Å²) in [6.45, 7) is 0.420. The number of hydrogen-bond donors (Lipinski definition) is 7. The molecule has 0 aliphatic carbocycles. The van der Waals surface area contributed by atoms with Crippen molar-refractivity contribution in [2.75, 3.05) is 6.54 Å². The Balaban J connectivity index is 0. The fraction of sp³-hybridized carbons (Fsp3) is 0.600. The number of nitrogens with zero attached hydrogens (tertiary/aromatic N) is 1. The predicted molar refractivity (Wildman–Crippen MR) is 74.9 cm³/mol. The lowest BCUT2D eigenvalue weighted by Crippen LogP contribution is -2.34. The number of carbonyl (C=O) groups is 3. The summed E-state index contributed by atoms with van der Waals surface area (Å²) in [4.78, 5) is 33.8. The molecule has 21 heavy (non-hydrogen) atoms. The number of rotatable bonds is 8. The van der Waals surface area contributed by atoms with Crippen molar-refractivity contribution in [1.82, 2.24) is 0 Å². The van der Waals surface area contributed by atoms with E-state index in [-0.39, 0.29) is 12.4 Å². The third kappa shape index (κ3) is 15.5. The molecule has 12 N–H and O–H groups in total. The molecule has 0 saturated heterocycles. The van der Waals surface area contributed by atoms with Crippen molar-refractivity contribution in [3.8, 4) is 0 Å². The Bertz CT molecular complexity index is 382. The summed E-state index contributed by atoms with van der Waals surface area (Å²) in [6.07, 6.45) is 0.646. The molecular weight excluding hydrogens is 284 g/mol. The molecule has 0 aliphatic heterocycles. The van der Waals surface area contributed by atoms with Gasteiger partial charge in [-0.25, -0.2) is 0 Å². The number of aliphatic imine (C=N–C) groups is 1. The van der Waals surface area contributed by atoms with Gasteiger partial charge in [-0.2, -0.15) is 0 Å². The van der Waals surface area contributed by atoms with Gasteiger partial charge in [0.05, 0.1) is 6.42 Å². The van der Waals surface area contributed by atoms with Gasteiger partial charge in [0.15, 0.2) is 5.96 Å². The summed E-state index contributed by atoms with van der Waals surface area (Å²) in [5, 5.41) is 16.5. The highest BCUT2D eigenvalue weighted by Crippen LogP contribution is 1.94. The minimum atomic E-state index is -1.21. The van der Waals surface area contributed by atoms with E-state index >= 15 is 0 Å². The number of carbonyl (C=O) groups excluding carboxylic acids is 1. The maximum atomic E-state index is 10.2. The van der Waals surface area contributed by atoms with Crippen molar-refractivity contribution in [1.29, 1.82) is 0 Å². The molecule has 1 unspecified atom stereocenters. The maximum Gasteiger partial charge on any atom is 0.321 e. The summed E-state index contributed by atoms with van der Waals surface area (Å²) in [5.74, 6) is -2.91. The fourth-order valence-electron chi connectivity index (χ4n) is 0.947. The average Bonchev–Trinajstić information content (AvgIpc) is 2.33. The molecule has 0 rings (SSSR count). The zero-order chi connectivity index (χ0) is 17.0. The molecule has 122 valence electrons. The van der Waals surface area contributed by atoms with Crippen LogP contribution in [0.1, 0.15) is 19.3 Å². The number of amides is 1. The monoisotopic (exact) mass is 306 g/mol. The van der Waals surface area contributed by atoms with E-state index in [4.69, 9.17) is 33.1 Å². The van der Waals surface area contributed by atoms with E-state index in [0.717, 1.165) is 0 Å². The lowest BCUT2D eigenvalue weighted by Gasteiger charge is -2.03. The molecule has 0 heterocycles. The van der Waals surface area contributed by atoms with Gasteiger partial charge in [0.2, 0.25) is 5.91 Å². The Morgan fingerprint density at radius 2 is 1.43 bits per heavy atom. The minimum absolute atomic E-state index is 0.0129. The third-order valence-electron chi connectivity index (χ3n) is 2.02. The first kappa shape index (κ1) is 20.9. The fourth-order valence-corrected chi connectivity index (χ4v) is 0.947. The number of nitrogens with two attached hydrogens (primary N) is 5. The normalized spacial score (nSPS) is 12.3. The van der Waals surface area contributed by atoms with E-state index in [9.17, 15) is 14.4 Å². The molecule has 0 fully saturated rings. The smallest absolute Gasteiger partial charge is 0.321 e.